The van der Waals surface area contributed by atoms with Gasteiger partial charge in [-0.25, -0.2) is 9.97 Å². The second-order valence-electron chi connectivity index (χ2n) is 4.43. The van der Waals surface area contributed by atoms with Gasteiger partial charge in [-0.1, -0.05) is 53.5 Å². The monoisotopic (exact) mass is 348 g/mol. The minimum absolute atomic E-state index is 0.134. The van der Waals surface area contributed by atoms with Crippen molar-refractivity contribution in [1.82, 2.24) is 9.97 Å². The molecule has 1 aromatic carbocycles. The molecule has 1 N–H and O–H groups in total. The zero-order chi connectivity index (χ0) is 16.5. The number of ether oxygens (including phenoxy) is 1. The Morgan fingerprint density at radius 3 is 2.00 bits per heavy atom. The van der Waals surface area contributed by atoms with Crippen molar-refractivity contribution in [3.8, 4) is 11.5 Å². The van der Waals surface area contributed by atoms with Crippen LogP contribution in [0, 0.1) is 0 Å². The van der Waals surface area contributed by atoms with Gasteiger partial charge < -0.3 is 9.84 Å². The molecule has 0 aliphatic carbocycles. The van der Waals surface area contributed by atoms with Gasteiger partial charge in [0.25, 0.3) is 0 Å². The number of halogens is 2. The highest BCUT2D eigenvalue weighted by molar-refractivity contribution is 6.29. The molecule has 2 aromatic heterocycles. The molecular weight excluding hydrogens is 335 g/mol. The van der Waals surface area contributed by atoms with Crippen LogP contribution in [0.15, 0.2) is 67.0 Å². The third-order valence-electron chi connectivity index (χ3n) is 2.66. The van der Waals surface area contributed by atoms with Gasteiger partial charge in [0.2, 0.25) is 0 Å². The van der Waals surface area contributed by atoms with Crippen LogP contribution in [0.1, 0.15) is 5.56 Å². The van der Waals surface area contributed by atoms with Crippen LogP contribution in [0.4, 0.5) is 0 Å². The minimum Gasteiger partial charge on any atom is -0.506 e. The fraction of sp³-hybridized carbons (Fsp3) is 0.0588. The summed E-state index contributed by atoms with van der Waals surface area (Å²) in [5, 5.41) is 9.50. The van der Waals surface area contributed by atoms with E-state index in [2.05, 4.69) is 9.97 Å². The number of hydrogen-bond donors (Lipinski definition) is 1. The van der Waals surface area contributed by atoms with Crippen LogP contribution in [0.25, 0.3) is 0 Å². The number of nitrogens with zero attached hydrogens (tertiary/aromatic N) is 2. The molecule has 0 unspecified atom stereocenters. The molecule has 23 heavy (non-hydrogen) atoms. The second kappa shape index (κ2) is 8.98. The lowest BCUT2D eigenvalue weighted by molar-refractivity contribution is 0.305. The standard InChI is InChI=1S/C12H10ClNO.C5H4ClNO/c13-12-7-6-11(8-14-12)15-9-10-4-2-1-3-5-10;6-5-2-1-4(8)3-7-5/h1-8H,9H2;1-3,8H. The number of rotatable bonds is 3. The first-order valence-electron chi connectivity index (χ1n) is 6.72. The fourth-order valence-corrected chi connectivity index (χ4v) is 1.78. The Balaban J connectivity index is 0.000000203. The van der Waals surface area contributed by atoms with E-state index in [1.807, 2.05) is 30.3 Å². The molecule has 3 aromatic rings. The summed E-state index contributed by atoms with van der Waals surface area (Å²) in [6.07, 6.45) is 2.91. The highest BCUT2D eigenvalue weighted by Crippen LogP contribution is 2.13. The molecule has 0 aliphatic heterocycles. The summed E-state index contributed by atoms with van der Waals surface area (Å²) in [6, 6.07) is 16.5. The van der Waals surface area contributed by atoms with Crippen LogP contribution in [0.5, 0.6) is 11.5 Å². The number of aromatic nitrogens is 2. The smallest absolute Gasteiger partial charge is 0.138 e. The maximum atomic E-state index is 8.64. The van der Waals surface area contributed by atoms with E-state index in [-0.39, 0.29) is 5.75 Å². The van der Waals surface area contributed by atoms with Gasteiger partial charge in [0, 0.05) is 0 Å². The molecule has 0 radical (unpaired) electrons. The second-order valence-corrected chi connectivity index (χ2v) is 5.20. The SMILES string of the molecule is Clc1ccc(OCc2ccccc2)cn1.Oc1ccc(Cl)nc1. The van der Waals surface area contributed by atoms with E-state index in [1.165, 1.54) is 18.3 Å². The quantitative estimate of drug-likeness (QED) is 0.693. The number of hydrogen-bond acceptors (Lipinski definition) is 4. The maximum absolute atomic E-state index is 8.64. The summed E-state index contributed by atoms with van der Waals surface area (Å²) in [4.78, 5) is 7.53. The molecule has 118 valence electrons. The van der Waals surface area contributed by atoms with Crippen LogP contribution in [-0.2, 0) is 6.61 Å². The third-order valence-corrected chi connectivity index (χ3v) is 3.11. The molecule has 3 rings (SSSR count). The van der Waals surface area contributed by atoms with Crippen LogP contribution in [0.3, 0.4) is 0 Å². The Morgan fingerprint density at radius 2 is 1.48 bits per heavy atom. The molecule has 0 bridgehead atoms. The summed E-state index contributed by atoms with van der Waals surface area (Å²) in [7, 11) is 0. The molecule has 0 fully saturated rings. The topological polar surface area (TPSA) is 55.2 Å². The summed E-state index contributed by atoms with van der Waals surface area (Å²) in [6.45, 7) is 0.546. The molecular formula is C17H14Cl2N2O2. The van der Waals surface area contributed by atoms with Gasteiger partial charge in [-0.15, -0.1) is 0 Å². The normalized spacial score (nSPS) is 9.65. The Hall–Kier alpha value is -2.30. The summed E-state index contributed by atoms with van der Waals surface area (Å²) < 4.78 is 5.53. The minimum atomic E-state index is 0.134. The van der Waals surface area contributed by atoms with Crippen molar-refractivity contribution in [3.05, 3.63) is 82.9 Å². The van der Waals surface area contributed by atoms with E-state index < -0.39 is 0 Å². The van der Waals surface area contributed by atoms with E-state index in [0.29, 0.717) is 16.9 Å². The van der Waals surface area contributed by atoms with Gasteiger partial charge in [-0.3, -0.25) is 0 Å². The highest BCUT2D eigenvalue weighted by atomic mass is 35.5. The van der Waals surface area contributed by atoms with Crippen molar-refractivity contribution in [2.24, 2.45) is 0 Å². The van der Waals surface area contributed by atoms with Crippen molar-refractivity contribution in [3.63, 3.8) is 0 Å². The Bertz CT molecular complexity index is 684. The Kier molecular flexibility index (Phi) is 6.66. The lowest BCUT2D eigenvalue weighted by Crippen LogP contribution is -1.95. The third kappa shape index (κ3) is 6.55. The lowest BCUT2D eigenvalue weighted by Gasteiger charge is -2.05. The fourth-order valence-electron chi connectivity index (χ4n) is 1.56. The molecule has 0 saturated carbocycles. The predicted molar refractivity (Wildman–Crippen MR) is 90.9 cm³/mol. The van der Waals surface area contributed by atoms with Gasteiger partial charge >= 0.3 is 0 Å². The number of pyridine rings is 2. The van der Waals surface area contributed by atoms with E-state index >= 15 is 0 Å². The van der Waals surface area contributed by atoms with E-state index in [9.17, 15) is 0 Å². The van der Waals surface area contributed by atoms with Crippen molar-refractivity contribution in [2.75, 3.05) is 0 Å². The number of aromatic hydroxyl groups is 1. The largest absolute Gasteiger partial charge is 0.506 e. The summed E-state index contributed by atoms with van der Waals surface area (Å²) in [5.41, 5.74) is 1.13. The molecule has 4 nitrogen and oxygen atoms in total. The van der Waals surface area contributed by atoms with E-state index in [4.69, 9.17) is 33.0 Å². The van der Waals surface area contributed by atoms with Gasteiger partial charge in [-0.2, -0.15) is 0 Å². The number of benzene rings is 1. The summed E-state index contributed by atoms with van der Waals surface area (Å²) >= 11 is 11.1. The van der Waals surface area contributed by atoms with Crippen molar-refractivity contribution in [1.29, 1.82) is 0 Å². The Morgan fingerprint density at radius 1 is 0.826 bits per heavy atom. The lowest BCUT2D eigenvalue weighted by atomic mass is 10.2. The molecule has 2 heterocycles. The first-order valence-corrected chi connectivity index (χ1v) is 7.48. The van der Waals surface area contributed by atoms with Gasteiger partial charge in [0.1, 0.15) is 28.4 Å². The molecule has 0 aliphatic rings. The molecule has 0 amide bonds. The molecule has 0 saturated heterocycles. The first-order chi connectivity index (χ1) is 11.1. The average molecular weight is 349 g/mol. The van der Waals surface area contributed by atoms with Crippen molar-refractivity contribution >= 4 is 23.2 Å². The first kappa shape index (κ1) is 17.1. The predicted octanol–water partition coefficient (Wildman–Crippen LogP) is 4.75. The van der Waals surface area contributed by atoms with Crippen LogP contribution in [-0.4, -0.2) is 15.1 Å². The van der Waals surface area contributed by atoms with Crippen molar-refractivity contribution < 1.29 is 9.84 Å². The molecule has 0 spiro atoms. The van der Waals surface area contributed by atoms with E-state index in [1.54, 1.807) is 18.3 Å². The molecule has 6 heteroatoms. The molecule has 0 atom stereocenters. The summed E-state index contributed by atoms with van der Waals surface area (Å²) in [5.74, 6) is 0.859. The Labute approximate surface area is 144 Å². The maximum Gasteiger partial charge on any atom is 0.138 e. The van der Waals surface area contributed by atoms with Crippen LogP contribution in [0.2, 0.25) is 10.3 Å². The van der Waals surface area contributed by atoms with Crippen molar-refractivity contribution in [2.45, 2.75) is 6.61 Å². The van der Waals surface area contributed by atoms with Gasteiger partial charge in [0.05, 0.1) is 12.4 Å². The van der Waals surface area contributed by atoms with E-state index in [0.717, 1.165) is 11.3 Å². The van der Waals surface area contributed by atoms with Gasteiger partial charge in [0.15, 0.2) is 0 Å². The zero-order valence-electron chi connectivity index (χ0n) is 12.1. The zero-order valence-corrected chi connectivity index (χ0v) is 13.6. The highest BCUT2D eigenvalue weighted by Gasteiger charge is 1.95. The van der Waals surface area contributed by atoms with Crippen LogP contribution < -0.4 is 4.74 Å². The average Bonchev–Trinajstić information content (AvgIpc) is 2.59. The van der Waals surface area contributed by atoms with Gasteiger partial charge in [-0.05, 0) is 29.8 Å². The van der Waals surface area contributed by atoms with Crippen LogP contribution >= 0.6 is 23.2 Å².